The van der Waals surface area contributed by atoms with E-state index in [4.69, 9.17) is 9.84 Å². The average Bonchev–Trinajstić information content (AvgIpc) is 2.55. The molecule has 0 radical (unpaired) electrons. The van der Waals surface area contributed by atoms with Crippen molar-refractivity contribution >= 4 is 17.6 Å². The van der Waals surface area contributed by atoms with Crippen molar-refractivity contribution in [2.75, 3.05) is 25.0 Å². The highest BCUT2D eigenvalue weighted by atomic mass is 16.5. The number of carbonyl (C=O) groups is 2. The van der Waals surface area contributed by atoms with E-state index in [0.717, 1.165) is 19.4 Å². The average molecular weight is 318 g/mol. The number of hydrogen-bond acceptors (Lipinski definition) is 4. The number of amides is 1. The highest BCUT2D eigenvalue weighted by Gasteiger charge is 2.34. The van der Waals surface area contributed by atoms with Crippen molar-refractivity contribution in [3.05, 3.63) is 29.8 Å². The first kappa shape index (κ1) is 16.0. The van der Waals surface area contributed by atoms with Gasteiger partial charge >= 0.3 is 5.97 Å². The summed E-state index contributed by atoms with van der Waals surface area (Å²) in [4.78, 5) is 25.5. The zero-order chi connectivity index (χ0) is 16.2. The summed E-state index contributed by atoms with van der Waals surface area (Å²) >= 11 is 0. The Kier molecular flexibility index (Phi) is 4.93. The third kappa shape index (κ3) is 3.89. The normalized spacial score (nSPS) is 24.7. The maximum absolute atomic E-state index is 12.3. The standard InChI is InChI=1S/C17H22N2O4/c20-16(18-13-5-3-4-12(10-13)17(21)22)11-19-8-9-23-15-7-2-1-6-14(15)19/h3-5,10,14-15H,1-2,6-9,11H2,(H,18,20)(H,21,22)/t14-,15-/m1/s1. The van der Waals surface area contributed by atoms with Gasteiger partial charge in [0.15, 0.2) is 0 Å². The summed E-state index contributed by atoms with van der Waals surface area (Å²) in [7, 11) is 0. The summed E-state index contributed by atoms with van der Waals surface area (Å²) < 4.78 is 5.82. The number of hydrogen-bond donors (Lipinski definition) is 2. The van der Waals surface area contributed by atoms with Crippen LogP contribution in [0.3, 0.4) is 0 Å². The molecular weight excluding hydrogens is 296 g/mol. The lowest BCUT2D eigenvalue weighted by Crippen LogP contribution is -2.54. The van der Waals surface area contributed by atoms with Crippen molar-refractivity contribution in [2.24, 2.45) is 0 Å². The SMILES string of the molecule is O=C(CN1CCO[C@@H]2CCCC[C@H]21)Nc1cccc(C(=O)O)c1. The van der Waals surface area contributed by atoms with E-state index < -0.39 is 5.97 Å². The molecule has 1 heterocycles. The van der Waals surface area contributed by atoms with Crippen LogP contribution in [0.4, 0.5) is 5.69 Å². The van der Waals surface area contributed by atoms with Crippen LogP contribution < -0.4 is 5.32 Å². The van der Waals surface area contributed by atoms with Crippen LogP contribution in [0.5, 0.6) is 0 Å². The van der Waals surface area contributed by atoms with Crippen molar-refractivity contribution in [1.82, 2.24) is 4.90 Å². The van der Waals surface area contributed by atoms with Gasteiger partial charge in [0, 0.05) is 18.3 Å². The Morgan fingerprint density at radius 2 is 2.13 bits per heavy atom. The molecule has 1 amide bonds. The Morgan fingerprint density at radius 1 is 1.30 bits per heavy atom. The molecule has 1 saturated heterocycles. The van der Waals surface area contributed by atoms with E-state index in [9.17, 15) is 9.59 Å². The van der Waals surface area contributed by atoms with E-state index >= 15 is 0 Å². The molecule has 3 rings (SSSR count). The van der Waals surface area contributed by atoms with Gasteiger partial charge in [-0.25, -0.2) is 4.79 Å². The minimum absolute atomic E-state index is 0.112. The zero-order valence-corrected chi connectivity index (χ0v) is 13.0. The maximum Gasteiger partial charge on any atom is 0.335 e. The summed E-state index contributed by atoms with van der Waals surface area (Å²) in [6.45, 7) is 1.76. The zero-order valence-electron chi connectivity index (χ0n) is 13.0. The fourth-order valence-corrected chi connectivity index (χ4v) is 3.49. The number of carboxylic acids is 1. The van der Waals surface area contributed by atoms with E-state index in [1.165, 1.54) is 25.0 Å². The van der Waals surface area contributed by atoms with Crippen molar-refractivity contribution in [3.63, 3.8) is 0 Å². The molecular formula is C17H22N2O4. The third-order valence-electron chi connectivity index (χ3n) is 4.59. The predicted octanol–water partition coefficient (Wildman–Crippen LogP) is 1.97. The molecule has 2 aliphatic rings. The van der Waals surface area contributed by atoms with E-state index in [1.54, 1.807) is 12.1 Å². The number of fused-ring (bicyclic) bond motifs is 1. The van der Waals surface area contributed by atoms with Gasteiger partial charge in [-0.1, -0.05) is 18.9 Å². The Labute approximate surface area is 135 Å². The van der Waals surface area contributed by atoms with Gasteiger partial charge in [0.25, 0.3) is 0 Å². The lowest BCUT2D eigenvalue weighted by atomic mass is 9.90. The van der Waals surface area contributed by atoms with Crippen molar-refractivity contribution in [1.29, 1.82) is 0 Å². The molecule has 2 fully saturated rings. The summed E-state index contributed by atoms with van der Waals surface area (Å²) in [5, 5.41) is 11.8. The molecule has 6 nitrogen and oxygen atoms in total. The van der Waals surface area contributed by atoms with E-state index in [-0.39, 0.29) is 17.6 Å². The molecule has 2 atom stereocenters. The second-order valence-corrected chi connectivity index (χ2v) is 6.17. The minimum atomic E-state index is -1.00. The highest BCUT2D eigenvalue weighted by molar-refractivity contribution is 5.94. The first-order valence-electron chi connectivity index (χ1n) is 8.12. The first-order valence-corrected chi connectivity index (χ1v) is 8.12. The van der Waals surface area contributed by atoms with E-state index in [2.05, 4.69) is 10.2 Å². The lowest BCUT2D eigenvalue weighted by Gasteiger charge is -2.43. The van der Waals surface area contributed by atoms with E-state index in [1.807, 2.05) is 0 Å². The van der Waals surface area contributed by atoms with Crippen LogP contribution in [0.2, 0.25) is 0 Å². The molecule has 23 heavy (non-hydrogen) atoms. The third-order valence-corrected chi connectivity index (χ3v) is 4.59. The maximum atomic E-state index is 12.3. The van der Waals surface area contributed by atoms with Gasteiger partial charge < -0.3 is 15.2 Å². The van der Waals surface area contributed by atoms with Crippen molar-refractivity contribution in [2.45, 2.75) is 37.8 Å². The largest absolute Gasteiger partial charge is 0.478 e. The smallest absolute Gasteiger partial charge is 0.335 e. The highest BCUT2D eigenvalue weighted by Crippen LogP contribution is 2.28. The number of rotatable bonds is 4. The van der Waals surface area contributed by atoms with Gasteiger partial charge in [0.1, 0.15) is 0 Å². The molecule has 1 aromatic rings. The molecule has 0 bridgehead atoms. The van der Waals surface area contributed by atoms with Gasteiger partial charge in [-0.15, -0.1) is 0 Å². The predicted molar refractivity (Wildman–Crippen MR) is 85.6 cm³/mol. The van der Waals surface area contributed by atoms with Crippen LogP contribution in [0.25, 0.3) is 0 Å². The van der Waals surface area contributed by atoms with Crippen LogP contribution in [0.15, 0.2) is 24.3 Å². The van der Waals surface area contributed by atoms with Gasteiger partial charge in [0.2, 0.25) is 5.91 Å². The van der Waals surface area contributed by atoms with E-state index in [0.29, 0.717) is 24.9 Å². The number of ether oxygens (including phenoxy) is 1. The number of aromatic carboxylic acids is 1. The van der Waals surface area contributed by atoms with Gasteiger partial charge in [-0.3, -0.25) is 9.69 Å². The first-order chi connectivity index (χ1) is 11.1. The topological polar surface area (TPSA) is 78.9 Å². The Morgan fingerprint density at radius 3 is 2.96 bits per heavy atom. The second kappa shape index (κ2) is 7.10. The molecule has 0 aromatic heterocycles. The number of carboxylic acid groups (broad SMARTS) is 1. The molecule has 1 aromatic carbocycles. The Hall–Kier alpha value is -1.92. The van der Waals surface area contributed by atoms with Crippen LogP contribution in [0.1, 0.15) is 36.0 Å². The number of nitrogens with one attached hydrogen (secondary N) is 1. The van der Waals surface area contributed by atoms with Crippen molar-refractivity contribution in [3.8, 4) is 0 Å². The van der Waals surface area contributed by atoms with Gasteiger partial charge in [-0.05, 0) is 31.0 Å². The number of anilines is 1. The monoisotopic (exact) mass is 318 g/mol. The second-order valence-electron chi connectivity index (χ2n) is 6.17. The molecule has 0 spiro atoms. The molecule has 2 N–H and O–H groups in total. The van der Waals surface area contributed by atoms with Crippen LogP contribution in [-0.4, -0.2) is 53.7 Å². The summed E-state index contributed by atoms with van der Waals surface area (Å²) in [6, 6.07) is 6.64. The van der Waals surface area contributed by atoms with Crippen LogP contribution in [0, 0.1) is 0 Å². The fraction of sp³-hybridized carbons (Fsp3) is 0.529. The van der Waals surface area contributed by atoms with Gasteiger partial charge in [-0.2, -0.15) is 0 Å². The summed E-state index contributed by atoms with van der Waals surface area (Å²) in [6.07, 6.45) is 4.78. The van der Waals surface area contributed by atoms with Crippen molar-refractivity contribution < 1.29 is 19.4 Å². The quantitative estimate of drug-likeness (QED) is 0.887. The van der Waals surface area contributed by atoms with Gasteiger partial charge in [0.05, 0.1) is 24.8 Å². The Balaban J connectivity index is 1.60. The van der Waals surface area contributed by atoms with Crippen LogP contribution >= 0.6 is 0 Å². The number of morpholine rings is 1. The molecule has 1 aliphatic carbocycles. The molecule has 124 valence electrons. The molecule has 6 heteroatoms. The Bertz CT molecular complexity index is 588. The molecule has 1 saturated carbocycles. The molecule has 0 unspecified atom stereocenters. The minimum Gasteiger partial charge on any atom is -0.478 e. The lowest BCUT2D eigenvalue weighted by molar-refractivity contribution is -0.124. The molecule has 1 aliphatic heterocycles. The summed E-state index contributed by atoms with van der Waals surface area (Å²) in [5.41, 5.74) is 0.685. The van der Waals surface area contributed by atoms with Crippen LogP contribution in [-0.2, 0) is 9.53 Å². The number of benzene rings is 1. The fourth-order valence-electron chi connectivity index (χ4n) is 3.49. The number of nitrogens with zero attached hydrogens (tertiary/aromatic N) is 1. The number of carbonyl (C=O) groups excluding carboxylic acids is 1. The summed E-state index contributed by atoms with van der Waals surface area (Å²) in [5.74, 6) is -1.11.